The molecule has 0 atom stereocenters. The van der Waals surface area contributed by atoms with Crippen LogP contribution in [0.1, 0.15) is 75.3 Å². The average Bonchev–Trinajstić information content (AvgIpc) is 3.07. The van der Waals surface area contributed by atoms with Crippen LogP contribution in [0.3, 0.4) is 0 Å². The Kier molecular flexibility index (Phi) is 4.41. The molecule has 0 radical (unpaired) electrons. The van der Waals surface area contributed by atoms with Gasteiger partial charge in [0.25, 0.3) is 0 Å². The van der Waals surface area contributed by atoms with Gasteiger partial charge >= 0.3 is 6.09 Å². The molecule has 0 unspecified atom stereocenters. The Morgan fingerprint density at radius 1 is 1.17 bits per heavy atom. The van der Waals surface area contributed by atoms with Crippen molar-refractivity contribution < 1.29 is 14.3 Å². The summed E-state index contributed by atoms with van der Waals surface area (Å²) in [6.07, 6.45) is 5.93. The number of benzene rings is 1. The Labute approximate surface area is 173 Å². The average molecular weight is 397 g/mol. The summed E-state index contributed by atoms with van der Waals surface area (Å²) in [6, 6.07) is 9.14. The van der Waals surface area contributed by atoms with E-state index < -0.39 is 0 Å². The first kappa shape index (κ1) is 19.0. The van der Waals surface area contributed by atoms with E-state index in [1.54, 1.807) is 0 Å². The zero-order valence-corrected chi connectivity index (χ0v) is 17.6. The van der Waals surface area contributed by atoms with E-state index in [2.05, 4.69) is 48.3 Å². The Bertz CT molecular complexity index is 811. The molecule has 2 heterocycles. The molecule has 0 aromatic heterocycles. The zero-order chi connectivity index (χ0) is 20.2. The fourth-order valence-electron chi connectivity index (χ4n) is 6.03. The summed E-state index contributed by atoms with van der Waals surface area (Å²) in [4.78, 5) is 26.2. The van der Waals surface area contributed by atoms with Crippen molar-refractivity contribution in [3.8, 4) is 0 Å². The van der Waals surface area contributed by atoms with Gasteiger partial charge in [0, 0.05) is 19.0 Å². The number of nitrogens with zero attached hydrogens (tertiary/aromatic N) is 1. The molecule has 2 saturated heterocycles. The topological polar surface area (TPSA) is 58.6 Å². The first-order chi connectivity index (χ1) is 13.9. The van der Waals surface area contributed by atoms with Gasteiger partial charge in [-0.25, -0.2) is 4.79 Å². The molecule has 2 spiro atoms. The predicted molar refractivity (Wildman–Crippen MR) is 111 cm³/mol. The number of hydrogen-bond acceptors (Lipinski definition) is 3. The summed E-state index contributed by atoms with van der Waals surface area (Å²) in [5.74, 6) is 1.60. The summed E-state index contributed by atoms with van der Waals surface area (Å²) in [6.45, 7) is 6.71. The lowest BCUT2D eigenvalue weighted by Gasteiger charge is -2.53. The third-order valence-electron chi connectivity index (χ3n) is 8.01. The van der Waals surface area contributed by atoms with E-state index in [9.17, 15) is 9.59 Å². The highest BCUT2D eigenvalue weighted by Crippen LogP contribution is 2.57. The second-order valence-corrected chi connectivity index (χ2v) is 10.3. The van der Waals surface area contributed by atoms with E-state index in [0.29, 0.717) is 23.9 Å². The van der Waals surface area contributed by atoms with Gasteiger partial charge in [0.2, 0.25) is 5.91 Å². The van der Waals surface area contributed by atoms with E-state index in [0.717, 1.165) is 38.8 Å². The number of alkyl carbamates (subject to hydrolysis) is 1. The second kappa shape index (κ2) is 6.75. The van der Waals surface area contributed by atoms with Crippen molar-refractivity contribution in [3.05, 3.63) is 35.4 Å². The van der Waals surface area contributed by atoms with Crippen LogP contribution in [0.2, 0.25) is 0 Å². The number of carbonyl (C=O) groups is 2. The molecule has 2 saturated carbocycles. The molecule has 0 bridgehead atoms. The minimum absolute atomic E-state index is 0.0546. The number of nitrogens with one attached hydrogen (secondary N) is 1. The maximum Gasteiger partial charge on any atom is 0.407 e. The highest BCUT2D eigenvalue weighted by Gasteiger charge is 2.54. The fourth-order valence-corrected chi connectivity index (χ4v) is 6.03. The maximum absolute atomic E-state index is 12.9. The summed E-state index contributed by atoms with van der Waals surface area (Å²) in [5, 5.41) is 2.89. The molecule has 4 fully saturated rings. The number of rotatable bonds is 3. The highest BCUT2D eigenvalue weighted by atomic mass is 16.6. The van der Waals surface area contributed by atoms with Gasteiger partial charge in [-0.05, 0) is 66.9 Å². The van der Waals surface area contributed by atoms with Crippen molar-refractivity contribution in [1.82, 2.24) is 10.2 Å². The minimum atomic E-state index is -0.339. The normalized spacial score (nSPS) is 27.5. The molecule has 1 aromatic carbocycles. The molecule has 2 amide bonds. The van der Waals surface area contributed by atoms with Crippen LogP contribution in [0.15, 0.2) is 24.3 Å². The summed E-state index contributed by atoms with van der Waals surface area (Å²) in [5.41, 5.74) is 3.12. The van der Waals surface area contributed by atoms with Crippen molar-refractivity contribution in [2.24, 2.45) is 11.3 Å². The molecule has 5 nitrogen and oxygen atoms in total. The van der Waals surface area contributed by atoms with Gasteiger partial charge in [-0.1, -0.05) is 38.1 Å². The second-order valence-electron chi connectivity index (χ2n) is 10.3. The highest BCUT2D eigenvalue weighted by molar-refractivity contribution is 5.81. The molecule has 156 valence electrons. The zero-order valence-electron chi connectivity index (χ0n) is 17.6. The number of hydrogen-bond donors (Lipinski definition) is 1. The number of amides is 2. The van der Waals surface area contributed by atoms with E-state index >= 15 is 0 Å². The summed E-state index contributed by atoms with van der Waals surface area (Å²) < 4.78 is 5.03. The van der Waals surface area contributed by atoms with Crippen LogP contribution in [0.4, 0.5) is 4.79 Å². The van der Waals surface area contributed by atoms with E-state index in [-0.39, 0.29) is 23.5 Å². The predicted octanol–water partition coefficient (Wildman–Crippen LogP) is 4.18. The summed E-state index contributed by atoms with van der Waals surface area (Å²) in [7, 11) is 0. The van der Waals surface area contributed by atoms with Gasteiger partial charge in [0.05, 0.1) is 5.54 Å². The Morgan fingerprint density at radius 3 is 2.52 bits per heavy atom. The van der Waals surface area contributed by atoms with Gasteiger partial charge in [0.1, 0.15) is 6.61 Å². The molecule has 29 heavy (non-hydrogen) atoms. The Morgan fingerprint density at radius 2 is 1.90 bits per heavy atom. The van der Waals surface area contributed by atoms with Crippen molar-refractivity contribution in [3.63, 3.8) is 0 Å². The molecule has 2 aliphatic heterocycles. The van der Waals surface area contributed by atoms with Gasteiger partial charge in [-0.2, -0.15) is 0 Å². The lowest BCUT2D eigenvalue weighted by molar-refractivity contribution is -0.144. The van der Waals surface area contributed by atoms with E-state index in [4.69, 9.17) is 4.74 Å². The van der Waals surface area contributed by atoms with Crippen LogP contribution < -0.4 is 5.32 Å². The number of cyclic esters (lactones) is 1. The minimum Gasteiger partial charge on any atom is -0.447 e. The van der Waals surface area contributed by atoms with E-state index in [1.165, 1.54) is 24.0 Å². The van der Waals surface area contributed by atoms with Crippen molar-refractivity contribution >= 4 is 12.0 Å². The largest absolute Gasteiger partial charge is 0.447 e. The molecule has 5 heteroatoms. The Hall–Kier alpha value is -2.04. The molecule has 1 N–H and O–H groups in total. The van der Waals surface area contributed by atoms with Crippen LogP contribution in [-0.2, 0) is 9.53 Å². The van der Waals surface area contributed by atoms with Crippen LogP contribution >= 0.6 is 0 Å². The standard InChI is InChI=1S/C24H32N2O3/c1-16(2)17-4-3-5-18(10-17)19-11-23(12-19)6-8-26(9-7-23)21(27)20-13-24(14-20)15-29-22(28)25-24/h3-5,10,16,19-20H,6-9,11-15H2,1-2H3,(H,25,28)/t20-,24+. The maximum atomic E-state index is 12.9. The van der Waals surface area contributed by atoms with E-state index in [1.807, 2.05) is 0 Å². The third-order valence-corrected chi connectivity index (χ3v) is 8.01. The van der Waals surface area contributed by atoms with Crippen molar-refractivity contribution in [2.45, 2.75) is 69.7 Å². The number of piperidine rings is 1. The SMILES string of the molecule is CC(C)c1cccc(C2CC3(CCN(C(=O)[C@H]4C[C@]5(COC(=O)N5)C4)CC3)C2)c1. The summed E-state index contributed by atoms with van der Waals surface area (Å²) >= 11 is 0. The lowest BCUT2D eigenvalue weighted by Crippen LogP contribution is -2.59. The molecule has 4 aliphatic rings. The van der Waals surface area contributed by atoms with Gasteiger partial charge in [-0.3, -0.25) is 4.79 Å². The van der Waals surface area contributed by atoms with Crippen LogP contribution in [0.5, 0.6) is 0 Å². The molecular weight excluding hydrogens is 364 g/mol. The Balaban J connectivity index is 1.12. The third kappa shape index (κ3) is 3.32. The van der Waals surface area contributed by atoms with Gasteiger partial charge in [-0.15, -0.1) is 0 Å². The number of likely N-dealkylation sites (tertiary alicyclic amines) is 1. The first-order valence-electron chi connectivity index (χ1n) is 11.2. The molecular formula is C24H32N2O3. The quantitative estimate of drug-likeness (QED) is 0.834. The van der Waals surface area contributed by atoms with Gasteiger partial charge < -0.3 is 15.0 Å². The number of carbonyl (C=O) groups excluding carboxylic acids is 2. The van der Waals surface area contributed by atoms with Crippen LogP contribution in [-0.4, -0.2) is 42.1 Å². The van der Waals surface area contributed by atoms with Crippen LogP contribution in [0, 0.1) is 11.3 Å². The smallest absolute Gasteiger partial charge is 0.407 e. The van der Waals surface area contributed by atoms with Gasteiger partial charge in [0.15, 0.2) is 0 Å². The number of ether oxygens (including phenoxy) is 1. The monoisotopic (exact) mass is 396 g/mol. The van der Waals surface area contributed by atoms with Crippen molar-refractivity contribution in [1.29, 1.82) is 0 Å². The van der Waals surface area contributed by atoms with Crippen LogP contribution in [0.25, 0.3) is 0 Å². The van der Waals surface area contributed by atoms with Crippen molar-refractivity contribution in [2.75, 3.05) is 19.7 Å². The molecule has 2 aliphatic carbocycles. The lowest BCUT2D eigenvalue weighted by atomic mass is 9.56. The molecule has 1 aromatic rings. The first-order valence-corrected chi connectivity index (χ1v) is 11.2. The molecule has 5 rings (SSSR count). The fraction of sp³-hybridized carbons (Fsp3) is 0.667.